The number of nitrogens with zero attached hydrogens (tertiary/aromatic N) is 6. The molecule has 0 saturated carbocycles. The first-order chi connectivity index (χ1) is 18.0. The molecule has 8 heteroatoms. The van der Waals surface area contributed by atoms with Gasteiger partial charge >= 0.3 is 0 Å². The molecule has 5 rings (SSSR count). The standard InChI is InChI=1S/C29H35N7O/c1-20-6-4-7-23-16-24(17-33-22(3)28-29(30)32-11-10-31-28)26(18-34-27(20)23)36-13-5-12-35(14-15-36)19-25-9-8-21(2)37-25/h4,6-11,16,18,26H,5,12-15,17,19H2,1-3H3,(H2,30,32). The van der Waals surface area contributed by atoms with Gasteiger partial charge in [0.2, 0.25) is 0 Å². The van der Waals surface area contributed by atoms with Gasteiger partial charge < -0.3 is 10.2 Å². The zero-order chi connectivity index (χ0) is 25.8. The topological polar surface area (TPSA) is 96.1 Å². The molecule has 2 N–H and O–H groups in total. The zero-order valence-corrected chi connectivity index (χ0v) is 21.9. The molecule has 192 valence electrons. The van der Waals surface area contributed by atoms with Crippen molar-refractivity contribution in [2.45, 2.75) is 39.8 Å². The lowest BCUT2D eigenvalue weighted by Gasteiger charge is -2.29. The van der Waals surface area contributed by atoms with Crippen LogP contribution in [0.5, 0.6) is 0 Å². The van der Waals surface area contributed by atoms with Crippen LogP contribution in [0.2, 0.25) is 0 Å². The van der Waals surface area contributed by atoms with Crippen LogP contribution in [0.3, 0.4) is 0 Å². The average Bonchev–Trinajstić information content (AvgIpc) is 3.06. The molecule has 1 saturated heterocycles. The molecule has 1 aromatic carbocycles. The average molecular weight is 498 g/mol. The summed E-state index contributed by atoms with van der Waals surface area (Å²) in [5.74, 6) is 2.39. The number of nitrogen functional groups attached to an aromatic ring is 1. The van der Waals surface area contributed by atoms with E-state index in [1.165, 1.54) is 11.1 Å². The second kappa shape index (κ2) is 11.2. The fraction of sp³-hybridized carbons (Fsp3) is 0.379. The molecule has 2 aliphatic rings. The van der Waals surface area contributed by atoms with Crippen LogP contribution in [-0.4, -0.2) is 70.5 Å². The molecule has 1 unspecified atom stereocenters. The summed E-state index contributed by atoms with van der Waals surface area (Å²) in [5, 5.41) is 0. The Hall–Kier alpha value is -3.62. The van der Waals surface area contributed by atoms with E-state index in [4.69, 9.17) is 20.1 Å². The summed E-state index contributed by atoms with van der Waals surface area (Å²) >= 11 is 0. The molecule has 8 nitrogen and oxygen atoms in total. The summed E-state index contributed by atoms with van der Waals surface area (Å²) in [4.78, 5) is 23.5. The van der Waals surface area contributed by atoms with E-state index in [1.807, 2.05) is 19.9 Å². The smallest absolute Gasteiger partial charge is 0.151 e. The number of hydrogen-bond acceptors (Lipinski definition) is 8. The largest absolute Gasteiger partial charge is 0.465 e. The number of rotatable bonds is 6. The molecule has 0 aliphatic carbocycles. The molecule has 1 atom stereocenters. The van der Waals surface area contributed by atoms with Gasteiger partial charge in [0.15, 0.2) is 5.82 Å². The van der Waals surface area contributed by atoms with Gasteiger partial charge in [-0.3, -0.25) is 19.8 Å². The Balaban J connectivity index is 1.39. The van der Waals surface area contributed by atoms with E-state index in [9.17, 15) is 0 Å². The van der Waals surface area contributed by atoms with Crippen LogP contribution in [0.1, 0.15) is 41.7 Å². The Kier molecular flexibility index (Phi) is 7.58. The lowest BCUT2D eigenvalue weighted by atomic mass is 10.0. The fourth-order valence-corrected chi connectivity index (χ4v) is 5.10. The molecule has 37 heavy (non-hydrogen) atoms. The zero-order valence-electron chi connectivity index (χ0n) is 21.9. The number of fused-ring (bicyclic) bond motifs is 1. The molecule has 2 aromatic heterocycles. The van der Waals surface area contributed by atoms with Crippen molar-refractivity contribution < 1.29 is 4.42 Å². The highest BCUT2D eigenvalue weighted by atomic mass is 16.3. The molecule has 2 aliphatic heterocycles. The number of aryl methyl sites for hydroxylation is 2. The van der Waals surface area contributed by atoms with Crippen molar-refractivity contribution in [3.63, 3.8) is 0 Å². The third-order valence-electron chi connectivity index (χ3n) is 7.09. The second-order valence-corrected chi connectivity index (χ2v) is 9.82. The SMILES string of the molecule is CC(=NCC1=Cc2cccc(C)c2N=CC1N1CCCN(Cc2ccc(C)o2)CC1)c1nccnc1N. The Morgan fingerprint density at radius 2 is 1.95 bits per heavy atom. The van der Waals surface area contributed by atoms with Gasteiger partial charge in [-0.2, -0.15) is 0 Å². The van der Waals surface area contributed by atoms with Crippen LogP contribution in [0.25, 0.3) is 6.08 Å². The predicted molar refractivity (Wildman–Crippen MR) is 150 cm³/mol. The number of aromatic nitrogens is 2. The van der Waals surface area contributed by atoms with E-state index in [-0.39, 0.29) is 6.04 Å². The fourth-order valence-electron chi connectivity index (χ4n) is 5.10. The number of para-hydroxylation sites is 1. The second-order valence-electron chi connectivity index (χ2n) is 9.82. The van der Waals surface area contributed by atoms with Gasteiger partial charge in [0.1, 0.15) is 17.2 Å². The van der Waals surface area contributed by atoms with Crippen molar-refractivity contribution in [1.82, 2.24) is 19.8 Å². The van der Waals surface area contributed by atoms with E-state index >= 15 is 0 Å². The van der Waals surface area contributed by atoms with Crippen LogP contribution < -0.4 is 5.73 Å². The van der Waals surface area contributed by atoms with E-state index in [0.29, 0.717) is 18.1 Å². The van der Waals surface area contributed by atoms with Gasteiger partial charge in [0, 0.05) is 43.8 Å². The van der Waals surface area contributed by atoms with Crippen LogP contribution >= 0.6 is 0 Å². The van der Waals surface area contributed by atoms with Gasteiger partial charge in [-0.25, -0.2) is 9.97 Å². The lowest BCUT2D eigenvalue weighted by molar-refractivity contribution is 0.233. The number of nitrogens with two attached hydrogens (primary N) is 1. The third-order valence-corrected chi connectivity index (χ3v) is 7.09. The van der Waals surface area contributed by atoms with Crippen molar-refractivity contribution in [3.8, 4) is 0 Å². The van der Waals surface area contributed by atoms with Gasteiger partial charge in [-0.1, -0.05) is 18.2 Å². The molecule has 4 heterocycles. The molecular formula is C29H35N7O. The van der Waals surface area contributed by atoms with E-state index in [1.54, 1.807) is 12.4 Å². The first-order valence-electron chi connectivity index (χ1n) is 12.9. The molecule has 0 bridgehead atoms. The van der Waals surface area contributed by atoms with Crippen LogP contribution in [0, 0.1) is 13.8 Å². The minimum atomic E-state index is 0.0633. The molecule has 0 spiro atoms. The van der Waals surface area contributed by atoms with E-state index < -0.39 is 0 Å². The van der Waals surface area contributed by atoms with Crippen molar-refractivity contribution in [2.24, 2.45) is 9.98 Å². The van der Waals surface area contributed by atoms with Gasteiger partial charge in [0.05, 0.1) is 30.5 Å². The Morgan fingerprint density at radius 1 is 1.08 bits per heavy atom. The third kappa shape index (κ3) is 5.87. The van der Waals surface area contributed by atoms with Gasteiger partial charge in [-0.05, 0) is 63.1 Å². The predicted octanol–water partition coefficient (Wildman–Crippen LogP) is 4.45. The number of benzene rings is 1. The number of hydrogen-bond donors (Lipinski definition) is 1. The van der Waals surface area contributed by atoms with Crippen molar-refractivity contribution in [2.75, 3.05) is 38.5 Å². The van der Waals surface area contributed by atoms with Crippen molar-refractivity contribution in [1.29, 1.82) is 0 Å². The molecular weight excluding hydrogens is 462 g/mol. The van der Waals surface area contributed by atoms with Gasteiger partial charge in [-0.15, -0.1) is 0 Å². The highest BCUT2D eigenvalue weighted by molar-refractivity contribution is 6.00. The van der Waals surface area contributed by atoms with Crippen LogP contribution in [0.15, 0.2) is 62.7 Å². The minimum Gasteiger partial charge on any atom is -0.465 e. The summed E-state index contributed by atoms with van der Waals surface area (Å²) < 4.78 is 5.83. The first kappa shape index (κ1) is 25.0. The highest BCUT2D eigenvalue weighted by Crippen LogP contribution is 2.30. The maximum atomic E-state index is 6.06. The van der Waals surface area contributed by atoms with Crippen LogP contribution in [0.4, 0.5) is 11.5 Å². The number of furan rings is 1. The van der Waals surface area contributed by atoms with Crippen molar-refractivity contribution in [3.05, 3.63) is 76.6 Å². The van der Waals surface area contributed by atoms with Crippen LogP contribution in [-0.2, 0) is 6.54 Å². The first-order valence-corrected chi connectivity index (χ1v) is 12.9. The Bertz CT molecular complexity index is 1340. The maximum absolute atomic E-state index is 6.06. The summed E-state index contributed by atoms with van der Waals surface area (Å²) in [5.41, 5.74) is 12.0. The molecule has 0 radical (unpaired) electrons. The quantitative estimate of drug-likeness (QED) is 0.506. The summed E-state index contributed by atoms with van der Waals surface area (Å²) in [6, 6.07) is 10.5. The van der Waals surface area contributed by atoms with E-state index in [0.717, 1.165) is 67.6 Å². The van der Waals surface area contributed by atoms with Crippen molar-refractivity contribution >= 4 is 29.5 Å². The monoisotopic (exact) mass is 497 g/mol. The number of anilines is 1. The highest BCUT2D eigenvalue weighted by Gasteiger charge is 2.26. The van der Waals surface area contributed by atoms with Gasteiger partial charge in [0.25, 0.3) is 0 Å². The normalized spacial score (nSPS) is 19.3. The summed E-state index contributed by atoms with van der Waals surface area (Å²) in [6.45, 7) is 11.4. The maximum Gasteiger partial charge on any atom is 0.151 e. The molecule has 3 aromatic rings. The lowest BCUT2D eigenvalue weighted by Crippen LogP contribution is -2.41. The summed E-state index contributed by atoms with van der Waals surface area (Å²) in [6.07, 6.45) is 8.71. The molecule has 1 fully saturated rings. The van der Waals surface area contributed by atoms with E-state index in [2.05, 4.69) is 63.2 Å². The minimum absolute atomic E-state index is 0.0633. The number of aliphatic imine (C=N–C) groups is 2. The Morgan fingerprint density at radius 3 is 2.76 bits per heavy atom. The summed E-state index contributed by atoms with van der Waals surface area (Å²) in [7, 11) is 0. The molecule has 0 amide bonds. The Labute approximate surface area is 218 Å².